The number of hydrogen-bond acceptors (Lipinski definition) is 4. The molecule has 6 nitrogen and oxygen atoms in total. The van der Waals surface area contributed by atoms with E-state index in [0.29, 0.717) is 17.1 Å². The molecule has 1 atom stereocenters. The van der Waals surface area contributed by atoms with E-state index in [4.69, 9.17) is 11.6 Å². The highest BCUT2D eigenvalue weighted by atomic mass is 35.5. The first-order valence-corrected chi connectivity index (χ1v) is 9.01. The Kier molecular flexibility index (Phi) is 5.08. The molecule has 1 aliphatic heterocycles. The van der Waals surface area contributed by atoms with E-state index >= 15 is 0 Å². The minimum absolute atomic E-state index is 0.0507. The summed E-state index contributed by atoms with van der Waals surface area (Å²) in [4.78, 5) is 25.1. The van der Waals surface area contributed by atoms with E-state index < -0.39 is 21.8 Å². The van der Waals surface area contributed by atoms with E-state index in [-0.39, 0.29) is 24.0 Å². The highest BCUT2D eigenvalue weighted by molar-refractivity contribution is 7.91. The van der Waals surface area contributed by atoms with Crippen molar-refractivity contribution in [2.75, 3.05) is 23.0 Å². The summed E-state index contributed by atoms with van der Waals surface area (Å²) < 4.78 is 22.8. The molecule has 0 saturated carbocycles. The first-order chi connectivity index (χ1) is 10.3. The summed E-state index contributed by atoms with van der Waals surface area (Å²) in [6.45, 7) is 1.15. The average Bonchev–Trinajstić information content (AvgIpc) is 2.76. The molecule has 2 rings (SSSR count). The van der Waals surface area contributed by atoms with Crippen LogP contribution in [0.25, 0.3) is 0 Å². The van der Waals surface area contributed by atoms with Gasteiger partial charge in [0.1, 0.15) is 6.54 Å². The highest BCUT2D eigenvalue weighted by Gasteiger charge is 2.29. The maximum atomic E-state index is 12.1. The normalized spacial score (nSPS) is 19.6. The molecular weight excluding hydrogens is 328 g/mol. The number of benzene rings is 1. The predicted octanol–water partition coefficient (Wildman–Crippen LogP) is 0.996. The van der Waals surface area contributed by atoms with Crippen LogP contribution >= 0.6 is 11.6 Å². The second-order valence-corrected chi connectivity index (χ2v) is 7.86. The van der Waals surface area contributed by atoms with Crippen LogP contribution in [0.3, 0.4) is 0 Å². The predicted molar refractivity (Wildman–Crippen MR) is 84.7 cm³/mol. The maximum absolute atomic E-state index is 12.1. The van der Waals surface area contributed by atoms with Crippen molar-refractivity contribution in [1.82, 2.24) is 5.32 Å². The topological polar surface area (TPSA) is 83.6 Å². The van der Waals surface area contributed by atoms with Crippen LogP contribution in [0.15, 0.2) is 24.3 Å². The van der Waals surface area contributed by atoms with Crippen molar-refractivity contribution in [3.63, 3.8) is 0 Å². The number of carbonyl (C=O) groups excluding carboxylic acids is 2. The molecule has 1 fully saturated rings. The molecule has 1 aromatic rings. The van der Waals surface area contributed by atoms with Gasteiger partial charge in [-0.2, -0.15) is 0 Å². The van der Waals surface area contributed by atoms with Gasteiger partial charge in [-0.05, 0) is 18.6 Å². The monoisotopic (exact) mass is 344 g/mol. The summed E-state index contributed by atoms with van der Waals surface area (Å²) in [5, 5.41) is 3.02. The highest BCUT2D eigenvalue weighted by Crippen LogP contribution is 2.25. The van der Waals surface area contributed by atoms with Crippen LogP contribution < -0.4 is 10.2 Å². The second kappa shape index (κ2) is 6.66. The minimum atomic E-state index is -3.06. The summed E-state index contributed by atoms with van der Waals surface area (Å²) >= 11 is 6.05. The molecule has 1 saturated heterocycles. The largest absolute Gasteiger partial charge is 0.351 e. The Labute approximate surface area is 134 Å². The number of halogens is 1. The third-order valence-electron chi connectivity index (χ3n) is 3.42. The first-order valence-electron chi connectivity index (χ1n) is 6.81. The Balaban J connectivity index is 2.04. The van der Waals surface area contributed by atoms with Gasteiger partial charge < -0.3 is 10.2 Å². The van der Waals surface area contributed by atoms with Crippen molar-refractivity contribution >= 4 is 38.9 Å². The standard InChI is InChI=1S/C14H17ClN2O4S/c1-10(18)17(13-5-3-2-4-12(13)15)8-14(19)16-11-6-7-22(20,21)9-11/h2-5,11H,6-9H2,1H3,(H,16,19). The molecule has 0 aliphatic carbocycles. The van der Waals surface area contributed by atoms with Gasteiger partial charge in [0.05, 0.1) is 22.2 Å². The van der Waals surface area contributed by atoms with Gasteiger partial charge in [-0.1, -0.05) is 23.7 Å². The number of anilines is 1. The average molecular weight is 345 g/mol. The summed E-state index contributed by atoms with van der Waals surface area (Å²) in [6, 6.07) is 6.34. The van der Waals surface area contributed by atoms with Crippen molar-refractivity contribution in [3.8, 4) is 0 Å². The zero-order chi connectivity index (χ0) is 16.3. The van der Waals surface area contributed by atoms with Gasteiger partial charge in [0.15, 0.2) is 9.84 Å². The lowest BCUT2D eigenvalue weighted by atomic mass is 10.2. The molecule has 1 aliphatic rings. The fourth-order valence-corrected chi connectivity index (χ4v) is 4.27. The van der Waals surface area contributed by atoms with Crippen LogP contribution in [0, 0.1) is 0 Å². The number of carbonyl (C=O) groups is 2. The molecule has 2 amide bonds. The fraction of sp³-hybridized carbons (Fsp3) is 0.429. The summed E-state index contributed by atoms with van der Waals surface area (Å²) in [7, 11) is -3.06. The second-order valence-electron chi connectivity index (χ2n) is 5.22. The lowest BCUT2D eigenvalue weighted by Crippen LogP contribution is -2.44. The SMILES string of the molecule is CC(=O)N(CC(=O)NC1CCS(=O)(=O)C1)c1ccccc1Cl. The van der Waals surface area contributed by atoms with Crippen molar-refractivity contribution in [3.05, 3.63) is 29.3 Å². The van der Waals surface area contributed by atoms with Crippen LogP contribution in [0.4, 0.5) is 5.69 Å². The number of nitrogens with one attached hydrogen (secondary N) is 1. The molecule has 0 spiro atoms. The van der Waals surface area contributed by atoms with Crippen LogP contribution in [0.1, 0.15) is 13.3 Å². The number of nitrogens with zero attached hydrogens (tertiary/aromatic N) is 1. The lowest BCUT2D eigenvalue weighted by Gasteiger charge is -2.22. The molecule has 0 bridgehead atoms. The van der Waals surface area contributed by atoms with E-state index in [9.17, 15) is 18.0 Å². The number of sulfone groups is 1. The summed E-state index contributed by atoms with van der Waals surface area (Å²) in [5.41, 5.74) is 0.450. The van der Waals surface area contributed by atoms with Crippen molar-refractivity contribution in [2.45, 2.75) is 19.4 Å². The smallest absolute Gasteiger partial charge is 0.240 e. The molecular formula is C14H17ClN2O4S. The third kappa shape index (κ3) is 4.20. The van der Waals surface area contributed by atoms with Gasteiger partial charge in [-0.25, -0.2) is 8.42 Å². The zero-order valence-electron chi connectivity index (χ0n) is 12.1. The Bertz CT molecular complexity index is 690. The van der Waals surface area contributed by atoms with Crippen LogP contribution in [0.2, 0.25) is 5.02 Å². The fourth-order valence-electron chi connectivity index (χ4n) is 2.36. The molecule has 8 heteroatoms. The third-order valence-corrected chi connectivity index (χ3v) is 5.51. The first kappa shape index (κ1) is 16.8. The molecule has 1 aromatic carbocycles. The minimum Gasteiger partial charge on any atom is -0.351 e. The molecule has 120 valence electrons. The van der Waals surface area contributed by atoms with Gasteiger partial charge in [0, 0.05) is 13.0 Å². The van der Waals surface area contributed by atoms with Gasteiger partial charge in [0.25, 0.3) is 0 Å². The van der Waals surface area contributed by atoms with Crippen LogP contribution in [-0.2, 0) is 19.4 Å². The Hall–Kier alpha value is -1.60. The summed E-state index contributed by atoms with van der Waals surface area (Å²) in [6.07, 6.45) is 0.403. The van der Waals surface area contributed by atoms with Crippen LogP contribution in [0.5, 0.6) is 0 Å². The van der Waals surface area contributed by atoms with Gasteiger partial charge in [0.2, 0.25) is 11.8 Å². The quantitative estimate of drug-likeness (QED) is 0.883. The van der Waals surface area contributed by atoms with Gasteiger partial charge in [-0.3, -0.25) is 9.59 Å². The number of para-hydroxylation sites is 1. The van der Waals surface area contributed by atoms with E-state index in [1.807, 2.05) is 0 Å². The van der Waals surface area contributed by atoms with Crippen molar-refractivity contribution in [2.24, 2.45) is 0 Å². The van der Waals surface area contributed by atoms with Crippen LogP contribution in [-0.4, -0.2) is 44.3 Å². The Morgan fingerprint density at radius 3 is 2.59 bits per heavy atom. The maximum Gasteiger partial charge on any atom is 0.240 e. The van der Waals surface area contributed by atoms with Crippen molar-refractivity contribution < 1.29 is 18.0 Å². The molecule has 1 heterocycles. The Morgan fingerprint density at radius 2 is 2.05 bits per heavy atom. The number of hydrogen-bond donors (Lipinski definition) is 1. The van der Waals surface area contributed by atoms with E-state index in [1.54, 1.807) is 24.3 Å². The van der Waals surface area contributed by atoms with Gasteiger partial charge >= 0.3 is 0 Å². The lowest BCUT2D eigenvalue weighted by molar-refractivity contribution is -0.123. The Morgan fingerprint density at radius 1 is 1.36 bits per heavy atom. The molecule has 0 aromatic heterocycles. The molecule has 1 N–H and O–H groups in total. The molecule has 22 heavy (non-hydrogen) atoms. The van der Waals surface area contributed by atoms with Crippen molar-refractivity contribution in [1.29, 1.82) is 0 Å². The van der Waals surface area contributed by atoms with Gasteiger partial charge in [-0.15, -0.1) is 0 Å². The van der Waals surface area contributed by atoms with E-state index in [0.717, 1.165) is 0 Å². The number of amides is 2. The van der Waals surface area contributed by atoms with E-state index in [1.165, 1.54) is 11.8 Å². The van der Waals surface area contributed by atoms with E-state index in [2.05, 4.69) is 5.32 Å². The molecule has 0 radical (unpaired) electrons. The summed E-state index contributed by atoms with van der Waals surface area (Å²) in [5.74, 6) is -0.691. The molecule has 1 unspecified atom stereocenters. The zero-order valence-corrected chi connectivity index (χ0v) is 13.7. The number of rotatable bonds is 4.